The fourth-order valence-corrected chi connectivity index (χ4v) is 5.17. The number of nitrogen functional groups attached to an aromatic ring is 1. The summed E-state index contributed by atoms with van der Waals surface area (Å²) in [5.74, 6) is 2.12. The van der Waals surface area contributed by atoms with Gasteiger partial charge in [0, 0.05) is 24.3 Å². The van der Waals surface area contributed by atoms with Crippen LogP contribution in [0.2, 0.25) is 0 Å². The average molecular weight is 345 g/mol. The van der Waals surface area contributed by atoms with Gasteiger partial charge in [0.1, 0.15) is 16.5 Å². The molecule has 0 aliphatic heterocycles. The van der Waals surface area contributed by atoms with Gasteiger partial charge in [0.25, 0.3) is 0 Å². The molecular formula is C16H19N5S2. The molecule has 1 aliphatic rings. The molecule has 0 unspecified atom stereocenters. The van der Waals surface area contributed by atoms with E-state index in [4.69, 9.17) is 10.7 Å². The van der Waals surface area contributed by atoms with Gasteiger partial charge in [-0.15, -0.1) is 11.3 Å². The number of aryl methyl sites for hydroxylation is 3. The highest BCUT2D eigenvalue weighted by Crippen LogP contribution is 2.37. The Morgan fingerprint density at radius 3 is 2.96 bits per heavy atom. The molecule has 0 bridgehead atoms. The zero-order valence-corrected chi connectivity index (χ0v) is 14.7. The molecule has 120 valence electrons. The predicted octanol–water partition coefficient (Wildman–Crippen LogP) is 3.57. The maximum absolute atomic E-state index is 6.28. The number of fused-ring (bicyclic) bond motifs is 3. The molecule has 5 nitrogen and oxygen atoms in total. The Kier molecular flexibility index (Phi) is 3.98. The highest BCUT2D eigenvalue weighted by molar-refractivity contribution is 7.98. The number of hydrogen-bond donors (Lipinski definition) is 1. The lowest BCUT2D eigenvalue weighted by molar-refractivity contribution is 0.713. The summed E-state index contributed by atoms with van der Waals surface area (Å²) in [6.45, 7) is 0. The second kappa shape index (κ2) is 6.13. The van der Waals surface area contributed by atoms with Crippen LogP contribution in [0.1, 0.15) is 35.5 Å². The summed E-state index contributed by atoms with van der Waals surface area (Å²) >= 11 is 3.44. The van der Waals surface area contributed by atoms with Crippen molar-refractivity contribution in [3.8, 4) is 0 Å². The number of anilines is 1. The molecule has 0 amide bonds. The topological polar surface area (TPSA) is 69.6 Å². The van der Waals surface area contributed by atoms with Crippen LogP contribution in [0.3, 0.4) is 0 Å². The fourth-order valence-electron chi connectivity index (χ4n) is 3.09. The minimum atomic E-state index is 0.643. The molecule has 7 heteroatoms. The third-order valence-corrected chi connectivity index (χ3v) is 6.49. The Hall–Kier alpha value is -1.60. The summed E-state index contributed by atoms with van der Waals surface area (Å²) in [4.78, 5) is 16.2. The van der Waals surface area contributed by atoms with Crippen LogP contribution in [0.5, 0.6) is 0 Å². The highest BCUT2D eigenvalue weighted by Gasteiger charge is 2.19. The Morgan fingerprint density at radius 2 is 2.13 bits per heavy atom. The van der Waals surface area contributed by atoms with Crippen LogP contribution in [-0.2, 0) is 25.6 Å². The minimum absolute atomic E-state index is 0.643. The predicted molar refractivity (Wildman–Crippen MR) is 95.9 cm³/mol. The lowest BCUT2D eigenvalue weighted by atomic mass is 10.1. The number of thioether (sulfide) groups is 1. The normalized spacial score (nSPS) is 14.8. The highest BCUT2D eigenvalue weighted by atomic mass is 32.2. The molecule has 0 atom stereocenters. The van der Waals surface area contributed by atoms with Gasteiger partial charge >= 0.3 is 0 Å². The zero-order valence-electron chi connectivity index (χ0n) is 13.1. The monoisotopic (exact) mass is 345 g/mol. The summed E-state index contributed by atoms with van der Waals surface area (Å²) in [6.07, 6.45) is 9.84. The smallest absolute Gasteiger partial charge is 0.168 e. The van der Waals surface area contributed by atoms with Crippen LogP contribution in [0, 0.1) is 0 Å². The van der Waals surface area contributed by atoms with Crippen molar-refractivity contribution in [2.45, 2.75) is 43.0 Å². The number of hydrogen-bond acceptors (Lipinski definition) is 6. The maximum atomic E-state index is 6.28. The molecule has 0 saturated carbocycles. The van der Waals surface area contributed by atoms with E-state index in [2.05, 4.69) is 9.97 Å². The van der Waals surface area contributed by atoms with Crippen molar-refractivity contribution in [1.82, 2.24) is 19.5 Å². The van der Waals surface area contributed by atoms with Crippen molar-refractivity contribution < 1.29 is 0 Å². The molecule has 23 heavy (non-hydrogen) atoms. The molecule has 3 aromatic heterocycles. The van der Waals surface area contributed by atoms with Gasteiger partial charge in [-0.1, -0.05) is 18.2 Å². The van der Waals surface area contributed by atoms with E-state index >= 15 is 0 Å². The first kappa shape index (κ1) is 15.0. The van der Waals surface area contributed by atoms with Crippen LogP contribution >= 0.6 is 23.1 Å². The van der Waals surface area contributed by atoms with E-state index < -0.39 is 0 Å². The van der Waals surface area contributed by atoms with Gasteiger partial charge in [0.05, 0.1) is 11.1 Å². The van der Waals surface area contributed by atoms with E-state index in [1.165, 1.54) is 29.7 Å². The van der Waals surface area contributed by atoms with Gasteiger partial charge in [0.2, 0.25) is 0 Å². The Labute approximate surface area is 143 Å². The second-order valence-corrected chi connectivity index (χ2v) is 7.91. The van der Waals surface area contributed by atoms with E-state index in [9.17, 15) is 0 Å². The molecule has 3 aromatic rings. The number of nitrogens with two attached hydrogens (primary N) is 1. The van der Waals surface area contributed by atoms with Crippen LogP contribution in [-0.4, -0.2) is 19.5 Å². The third kappa shape index (κ3) is 2.83. The largest absolute Gasteiger partial charge is 0.383 e. The van der Waals surface area contributed by atoms with E-state index in [0.29, 0.717) is 11.6 Å². The molecule has 0 aromatic carbocycles. The third-order valence-electron chi connectivity index (χ3n) is 4.25. The molecule has 0 radical (unpaired) electrons. The molecule has 0 spiro atoms. The van der Waals surface area contributed by atoms with Crippen LogP contribution < -0.4 is 5.73 Å². The lowest BCUT2D eigenvalue weighted by Crippen LogP contribution is -2.00. The van der Waals surface area contributed by atoms with E-state index in [0.717, 1.165) is 34.0 Å². The molecule has 4 rings (SSSR count). The van der Waals surface area contributed by atoms with Gasteiger partial charge in [0.15, 0.2) is 5.16 Å². The molecule has 2 N–H and O–H groups in total. The van der Waals surface area contributed by atoms with Crippen molar-refractivity contribution in [2.75, 3.05) is 5.73 Å². The Bertz CT molecular complexity index is 852. The number of nitrogens with zero attached hydrogens (tertiary/aromatic N) is 4. The molecule has 0 fully saturated rings. The molecular weight excluding hydrogens is 326 g/mol. The van der Waals surface area contributed by atoms with Crippen molar-refractivity contribution in [3.63, 3.8) is 0 Å². The van der Waals surface area contributed by atoms with Crippen molar-refractivity contribution in [1.29, 1.82) is 0 Å². The molecule has 0 saturated heterocycles. The second-order valence-electron chi connectivity index (χ2n) is 5.88. The Morgan fingerprint density at radius 1 is 1.26 bits per heavy atom. The first-order valence-corrected chi connectivity index (χ1v) is 9.69. The summed E-state index contributed by atoms with van der Waals surface area (Å²) in [5.41, 5.74) is 7.69. The van der Waals surface area contributed by atoms with Crippen molar-refractivity contribution >= 4 is 39.1 Å². The van der Waals surface area contributed by atoms with Gasteiger partial charge in [-0.2, -0.15) is 0 Å². The summed E-state index contributed by atoms with van der Waals surface area (Å²) in [6, 6.07) is 0. The Balaban J connectivity index is 1.66. The summed E-state index contributed by atoms with van der Waals surface area (Å²) in [5, 5.41) is 2.08. The van der Waals surface area contributed by atoms with Crippen molar-refractivity contribution in [3.05, 3.63) is 28.7 Å². The van der Waals surface area contributed by atoms with Crippen LogP contribution in [0.25, 0.3) is 10.2 Å². The summed E-state index contributed by atoms with van der Waals surface area (Å²) < 4.78 is 2.00. The first-order chi connectivity index (χ1) is 11.2. The number of thiophene rings is 1. The average Bonchev–Trinajstić information content (AvgIpc) is 3.01. The van der Waals surface area contributed by atoms with Gasteiger partial charge in [-0.25, -0.2) is 15.0 Å². The molecule has 3 heterocycles. The van der Waals surface area contributed by atoms with E-state index in [1.807, 2.05) is 17.8 Å². The molecule has 1 aliphatic carbocycles. The van der Waals surface area contributed by atoms with Crippen molar-refractivity contribution in [2.24, 2.45) is 7.05 Å². The quantitative estimate of drug-likeness (QED) is 0.580. The zero-order chi connectivity index (χ0) is 15.8. The minimum Gasteiger partial charge on any atom is -0.383 e. The maximum Gasteiger partial charge on any atom is 0.168 e. The number of imidazole rings is 1. The first-order valence-electron chi connectivity index (χ1n) is 7.89. The lowest BCUT2D eigenvalue weighted by Gasteiger charge is -2.05. The van der Waals surface area contributed by atoms with Crippen LogP contribution in [0.4, 0.5) is 5.82 Å². The van der Waals surface area contributed by atoms with Gasteiger partial charge in [-0.05, 0) is 31.2 Å². The van der Waals surface area contributed by atoms with Crippen LogP contribution in [0.15, 0.2) is 17.6 Å². The SMILES string of the molecule is Cn1ccnc1SCc1nc(N)c2c3c(sc2n1)CCCCC3. The number of rotatable bonds is 3. The van der Waals surface area contributed by atoms with E-state index in [-0.39, 0.29) is 0 Å². The number of aromatic nitrogens is 4. The fraction of sp³-hybridized carbons (Fsp3) is 0.438. The standard InChI is InChI=1S/C16H19N5S2/c1-21-8-7-18-16(21)22-9-12-19-14(17)13-10-5-3-2-4-6-11(10)23-15(13)20-12/h7-8H,2-6,9H2,1H3,(H2,17,19,20). The van der Waals surface area contributed by atoms with Gasteiger partial charge in [-0.3, -0.25) is 0 Å². The van der Waals surface area contributed by atoms with E-state index in [1.54, 1.807) is 29.3 Å². The summed E-state index contributed by atoms with van der Waals surface area (Å²) in [7, 11) is 1.99. The van der Waals surface area contributed by atoms with Gasteiger partial charge < -0.3 is 10.3 Å².